The Labute approximate surface area is 38.8 Å². The van der Waals surface area contributed by atoms with Gasteiger partial charge in [0.25, 0.3) is 0 Å². The standard InChI is InChI=1S/C6H5/c1-2-4-6-5-3-1/h1-5H/i4T. The summed E-state index contributed by atoms with van der Waals surface area (Å²) in [6, 6.07) is 10.2. The predicted octanol–water partition coefficient (Wildman–Crippen LogP) is 1.49. The third-order valence-corrected chi connectivity index (χ3v) is 0.554. The fraction of sp³-hybridized carbons (Fsp3) is 0. The van der Waals surface area contributed by atoms with Gasteiger partial charge in [0.1, 0.15) is 0 Å². The van der Waals surface area contributed by atoms with Crippen LogP contribution in [0.3, 0.4) is 0 Å². The number of hydrogen-bond donors (Lipinski definition) is 0. The molecule has 1 aromatic rings. The molecule has 0 heterocycles. The van der Waals surface area contributed by atoms with Crippen molar-refractivity contribution in [3.05, 3.63) is 36.4 Å². The molecule has 0 fully saturated rings. The summed E-state index contributed by atoms with van der Waals surface area (Å²) < 4.78 is 6.94. The molecule has 29 valence electrons. The Balaban J connectivity index is 3.02. The van der Waals surface area contributed by atoms with Crippen molar-refractivity contribution in [3.8, 4) is 0 Å². The first kappa shape index (κ1) is 2.40. The Morgan fingerprint density at radius 1 is 1.33 bits per heavy atom. The lowest BCUT2D eigenvalue weighted by molar-refractivity contribution is 1.70. The largest absolute Gasteiger partial charge is 0.0629 e. The van der Waals surface area contributed by atoms with Gasteiger partial charge in [-0.3, -0.25) is 0 Å². The van der Waals surface area contributed by atoms with Crippen LogP contribution in [0.5, 0.6) is 0 Å². The van der Waals surface area contributed by atoms with Crippen molar-refractivity contribution in [2.24, 2.45) is 0 Å². The van der Waals surface area contributed by atoms with Crippen molar-refractivity contribution in [1.82, 2.24) is 0 Å². The molecular weight excluding hydrogens is 72.1 g/mol. The molecule has 0 bridgehead atoms. The molecule has 0 saturated heterocycles. The highest BCUT2D eigenvalue weighted by molar-refractivity contribution is 4.97. The molecule has 0 nitrogen and oxygen atoms in total. The maximum atomic E-state index is 6.94. The van der Waals surface area contributed by atoms with Gasteiger partial charge in [0, 0.05) is 0 Å². The van der Waals surface area contributed by atoms with E-state index < -0.39 is 0 Å². The van der Waals surface area contributed by atoms with Crippen LogP contribution in [0.4, 0.5) is 0 Å². The molecule has 0 atom stereocenters. The van der Waals surface area contributed by atoms with Crippen LogP contribution in [0.25, 0.3) is 0 Å². The summed E-state index contributed by atoms with van der Waals surface area (Å²) in [5, 5.41) is 0. The molecule has 6 heavy (non-hydrogen) atoms. The van der Waals surface area contributed by atoms with Crippen LogP contribution in [-0.2, 0) is 0 Å². The highest BCUT2D eigenvalue weighted by atomic mass is 13.6. The molecule has 0 N–H and O–H groups in total. The van der Waals surface area contributed by atoms with Crippen LogP contribution in [0.15, 0.2) is 30.3 Å². The molecule has 0 aliphatic heterocycles. The van der Waals surface area contributed by atoms with E-state index in [0.29, 0.717) is 6.04 Å². The minimum Gasteiger partial charge on any atom is -0.0622 e. The van der Waals surface area contributed by atoms with Gasteiger partial charge < -0.3 is 0 Å². The van der Waals surface area contributed by atoms with Gasteiger partial charge >= 0.3 is 0 Å². The SMILES string of the molecule is [3H]c1[c]cccc1. The lowest BCUT2D eigenvalue weighted by Crippen LogP contribution is -1.49. The molecule has 1 rings (SSSR count). The molecule has 0 unspecified atom stereocenters. The van der Waals surface area contributed by atoms with Gasteiger partial charge in [0.15, 0.2) is 0 Å². The van der Waals surface area contributed by atoms with Crippen molar-refractivity contribution in [1.29, 1.82) is 0 Å². The molecule has 1 radical (unpaired) electrons. The second-order valence-electron chi connectivity index (χ2n) is 1.01. The third kappa shape index (κ3) is 0.582. The van der Waals surface area contributed by atoms with E-state index >= 15 is 0 Å². The van der Waals surface area contributed by atoms with Crippen LogP contribution in [-0.4, -0.2) is 0 Å². The van der Waals surface area contributed by atoms with E-state index in [0.717, 1.165) is 0 Å². The molecule has 0 aliphatic carbocycles. The lowest BCUT2D eigenvalue weighted by Gasteiger charge is -1.68. The molecule has 0 saturated carbocycles. The molecule has 0 aliphatic rings. The highest BCUT2D eigenvalue weighted by Gasteiger charge is 1.58. The topological polar surface area (TPSA) is 0 Å². The lowest BCUT2D eigenvalue weighted by atomic mass is 10.4. The first-order valence-corrected chi connectivity index (χ1v) is 1.83. The van der Waals surface area contributed by atoms with Gasteiger partial charge in [-0.1, -0.05) is 30.3 Å². The zero-order valence-corrected chi connectivity index (χ0v) is 3.31. The second-order valence-corrected chi connectivity index (χ2v) is 1.01. The number of hydrogen-bond acceptors (Lipinski definition) is 0. The molecule has 0 spiro atoms. The van der Waals surface area contributed by atoms with Gasteiger partial charge in [0.05, 0.1) is 1.37 Å². The summed E-state index contributed by atoms with van der Waals surface area (Å²) in [6.45, 7) is 0. The highest BCUT2D eigenvalue weighted by Crippen LogP contribution is 1.78. The van der Waals surface area contributed by atoms with Crippen LogP contribution < -0.4 is 0 Å². The summed E-state index contributed by atoms with van der Waals surface area (Å²) in [7, 11) is 0. The van der Waals surface area contributed by atoms with Crippen molar-refractivity contribution in [2.75, 3.05) is 0 Å². The van der Waals surface area contributed by atoms with Gasteiger partial charge in [-0.2, -0.15) is 0 Å². The maximum Gasteiger partial charge on any atom is 0.0629 e. The Bertz CT molecular complexity index is 134. The van der Waals surface area contributed by atoms with E-state index in [2.05, 4.69) is 6.07 Å². The van der Waals surface area contributed by atoms with Crippen molar-refractivity contribution < 1.29 is 1.37 Å². The Morgan fingerprint density at radius 2 is 2.33 bits per heavy atom. The molecule has 0 heteroatoms. The summed E-state index contributed by atoms with van der Waals surface area (Å²) in [5.41, 5.74) is 0. The van der Waals surface area contributed by atoms with Crippen LogP contribution in [0.1, 0.15) is 1.37 Å². The quantitative estimate of drug-likeness (QED) is 0.442. The summed E-state index contributed by atoms with van der Waals surface area (Å²) in [5.74, 6) is 0. The Kier molecular flexibility index (Phi) is 0.643. The second kappa shape index (κ2) is 1.61. The third-order valence-electron chi connectivity index (χ3n) is 0.554. The summed E-state index contributed by atoms with van der Waals surface area (Å²) >= 11 is 0. The average Bonchev–Trinajstić information content (AvgIpc) is 1.69. The average molecular weight is 79.1 g/mol. The molecule has 0 aromatic heterocycles. The van der Waals surface area contributed by atoms with Crippen molar-refractivity contribution >= 4 is 0 Å². The Hall–Kier alpha value is -0.780. The van der Waals surface area contributed by atoms with Crippen LogP contribution >= 0.6 is 0 Å². The summed E-state index contributed by atoms with van der Waals surface area (Å²) in [6.07, 6.45) is 0. The normalized spacial score (nSPS) is 10.3. The minimum absolute atomic E-state index is 0.447. The molecule has 0 amide bonds. The first-order valence-electron chi connectivity index (χ1n) is 2.33. The zero-order valence-electron chi connectivity index (χ0n) is 4.31. The molecular formula is C6H5. The van der Waals surface area contributed by atoms with Gasteiger partial charge in [0.2, 0.25) is 0 Å². The number of benzene rings is 1. The van der Waals surface area contributed by atoms with Crippen molar-refractivity contribution in [2.45, 2.75) is 0 Å². The summed E-state index contributed by atoms with van der Waals surface area (Å²) in [4.78, 5) is 0. The van der Waals surface area contributed by atoms with E-state index in [-0.39, 0.29) is 0 Å². The van der Waals surface area contributed by atoms with Crippen LogP contribution in [0.2, 0.25) is 0 Å². The fourth-order valence-electron chi connectivity index (χ4n) is 0.304. The predicted molar refractivity (Wildman–Crippen MR) is 25.3 cm³/mol. The van der Waals surface area contributed by atoms with Gasteiger partial charge in [-0.05, 0) is 6.07 Å². The monoisotopic (exact) mass is 79.0 g/mol. The van der Waals surface area contributed by atoms with Gasteiger partial charge in [-0.25, -0.2) is 0 Å². The zero-order chi connectivity index (χ0) is 5.11. The van der Waals surface area contributed by atoms with E-state index in [4.69, 9.17) is 1.37 Å². The molecule has 1 aromatic carbocycles. The Morgan fingerprint density at radius 3 is 2.67 bits per heavy atom. The maximum absolute atomic E-state index is 6.94. The fourth-order valence-corrected chi connectivity index (χ4v) is 0.304. The van der Waals surface area contributed by atoms with E-state index in [1.807, 2.05) is 12.1 Å². The smallest absolute Gasteiger partial charge is 0.0622 e. The van der Waals surface area contributed by atoms with Crippen LogP contribution in [0, 0.1) is 6.07 Å². The van der Waals surface area contributed by atoms with E-state index in [9.17, 15) is 0 Å². The van der Waals surface area contributed by atoms with Gasteiger partial charge in [-0.15, -0.1) is 0 Å². The first-order chi connectivity index (χ1) is 3.39. The van der Waals surface area contributed by atoms with E-state index in [1.165, 1.54) is 0 Å². The number of rotatable bonds is 0. The minimum atomic E-state index is 0.447. The van der Waals surface area contributed by atoms with E-state index in [1.54, 1.807) is 12.1 Å². The van der Waals surface area contributed by atoms with Crippen molar-refractivity contribution in [3.63, 3.8) is 0 Å².